The molecule has 1 N–H and O–H groups in total. The zero-order chi connectivity index (χ0) is 24.7. The third-order valence-electron chi connectivity index (χ3n) is 5.76. The van der Waals surface area contributed by atoms with Gasteiger partial charge < -0.3 is 19.4 Å². The molecule has 3 heterocycles. The topological polar surface area (TPSA) is 82.5 Å². The summed E-state index contributed by atoms with van der Waals surface area (Å²) in [6.07, 6.45) is 1.56. The highest BCUT2D eigenvalue weighted by Crippen LogP contribution is 2.35. The number of carbonyl (C=O) groups excluding carboxylic acids is 1. The monoisotopic (exact) mass is 489 g/mol. The number of nitrogens with one attached hydrogen (secondary N) is 1. The van der Waals surface area contributed by atoms with Gasteiger partial charge in [-0.05, 0) is 36.4 Å². The summed E-state index contributed by atoms with van der Waals surface area (Å²) in [5.41, 5.74) is 2.07. The molecule has 0 atom stereocenters. The van der Waals surface area contributed by atoms with Gasteiger partial charge in [0.05, 0.1) is 30.1 Å². The number of hydrogen-bond donors (Lipinski definition) is 1. The molecule has 0 fully saturated rings. The van der Waals surface area contributed by atoms with Crippen molar-refractivity contribution in [2.24, 2.45) is 7.05 Å². The Kier molecular flexibility index (Phi) is 5.70. The molecule has 1 amide bonds. The lowest BCUT2D eigenvalue weighted by Gasteiger charge is -2.12. The molecule has 0 radical (unpaired) electrons. The minimum Gasteiger partial charge on any atom is -0.493 e. The summed E-state index contributed by atoms with van der Waals surface area (Å²) in [4.78, 5) is 30.8. The van der Waals surface area contributed by atoms with E-state index >= 15 is 0 Å². The van der Waals surface area contributed by atoms with Gasteiger partial charge in [0.15, 0.2) is 11.5 Å². The Morgan fingerprint density at radius 2 is 1.89 bits per heavy atom. The number of anilines is 1. The quantitative estimate of drug-likeness (QED) is 0.366. The van der Waals surface area contributed by atoms with Crippen LogP contribution in [0.5, 0.6) is 11.5 Å². The average Bonchev–Trinajstić information content (AvgIpc) is 3.32. The lowest BCUT2D eigenvalue weighted by Crippen LogP contribution is -2.21. The Hall–Kier alpha value is -4.24. The van der Waals surface area contributed by atoms with Gasteiger partial charge in [-0.3, -0.25) is 9.59 Å². The third-order valence-corrected chi connectivity index (χ3v) is 6.76. The molecule has 0 spiro atoms. The van der Waals surface area contributed by atoms with Gasteiger partial charge >= 0.3 is 0 Å². The largest absolute Gasteiger partial charge is 0.493 e. The second kappa shape index (κ2) is 8.84. The number of methoxy groups -OCH3 is 2. The number of benzene rings is 2. The van der Waals surface area contributed by atoms with Crippen molar-refractivity contribution < 1.29 is 18.7 Å². The first-order chi connectivity index (χ1) is 16.9. The fraction of sp³-hybridized carbons (Fsp3) is 0.115. The van der Waals surface area contributed by atoms with E-state index in [-0.39, 0.29) is 17.0 Å². The van der Waals surface area contributed by atoms with Gasteiger partial charge in [0.1, 0.15) is 17.0 Å². The number of ether oxygens (including phenoxy) is 2. The van der Waals surface area contributed by atoms with Crippen LogP contribution in [0.25, 0.3) is 32.4 Å². The van der Waals surface area contributed by atoms with Gasteiger partial charge in [-0.15, -0.1) is 11.3 Å². The predicted octanol–water partition coefficient (Wildman–Crippen LogP) is 5.22. The highest BCUT2D eigenvalue weighted by molar-refractivity contribution is 7.17. The standard InChI is InChI=1S/C26H20FN3O4S/c1-30-12-19(29-26(32)14-7-10-21(33-2)22(11-14)34-3)24(31)23-20(30)9-8-18(28-23)16-13-35-25-15(16)5-4-6-17(25)27/h4-13H,1-3H3,(H,29,32). The van der Waals surface area contributed by atoms with Crippen LogP contribution in [0, 0.1) is 5.82 Å². The molecule has 35 heavy (non-hydrogen) atoms. The zero-order valence-corrected chi connectivity index (χ0v) is 19.9. The molecular formula is C26H20FN3O4S. The van der Waals surface area contributed by atoms with Crippen LogP contribution in [0.1, 0.15) is 10.4 Å². The molecule has 7 nitrogen and oxygen atoms in total. The van der Waals surface area contributed by atoms with Crippen LogP contribution in [0.15, 0.2) is 64.9 Å². The van der Waals surface area contributed by atoms with Crippen LogP contribution in [-0.4, -0.2) is 29.7 Å². The molecule has 3 aromatic heterocycles. The maximum Gasteiger partial charge on any atom is 0.255 e. The average molecular weight is 490 g/mol. The van der Waals surface area contributed by atoms with E-state index in [9.17, 15) is 14.0 Å². The van der Waals surface area contributed by atoms with Gasteiger partial charge in [-0.25, -0.2) is 9.37 Å². The number of nitrogens with zero attached hydrogens (tertiary/aromatic N) is 2. The number of carbonyl (C=O) groups is 1. The molecule has 0 bridgehead atoms. The molecule has 0 aliphatic heterocycles. The van der Waals surface area contributed by atoms with Crippen molar-refractivity contribution in [3.05, 3.63) is 81.7 Å². The lowest BCUT2D eigenvalue weighted by molar-refractivity contribution is 0.102. The molecule has 0 aliphatic carbocycles. The summed E-state index contributed by atoms with van der Waals surface area (Å²) in [5, 5.41) is 5.24. The molecule has 0 saturated heterocycles. The van der Waals surface area contributed by atoms with Crippen molar-refractivity contribution in [2.75, 3.05) is 19.5 Å². The van der Waals surface area contributed by atoms with Crippen LogP contribution < -0.4 is 20.2 Å². The molecule has 5 aromatic rings. The zero-order valence-electron chi connectivity index (χ0n) is 19.1. The van der Waals surface area contributed by atoms with Gasteiger partial charge in [-0.1, -0.05) is 12.1 Å². The van der Waals surface area contributed by atoms with E-state index in [0.29, 0.717) is 33.0 Å². The van der Waals surface area contributed by atoms with E-state index in [2.05, 4.69) is 10.3 Å². The van der Waals surface area contributed by atoms with E-state index in [1.807, 2.05) is 11.4 Å². The van der Waals surface area contributed by atoms with Crippen molar-refractivity contribution in [3.8, 4) is 22.8 Å². The maximum absolute atomic E-state index is 14.2. The van der Waals surface area contributed by atoms with E-state index < -0.39 is 11.3 Å². The van der Waals surface area contributed by atoms with Crippen LogP contribution in [-0.2, 0) is 7.05 Å². The molecule has 0 aliphatic rings. The normalized spacial score (nSPS) is 11.1. The summed E-state index contributed by atoms with van der Waals surface area (Å²) in [6.45, 7) is 0. The van der Waals surface area contributed by atoms with Gasteiger partial charge in [0.25, 0.3) is 5.91 Å². The summed E-state index contributed by atoms with van der Waals surface area (Å²) in [7, 11) is 4.75. The smallest absolute Gasteiger partial charge is 0.255 e. The van der Waals surface area contributed by atoms with E-state index in [1.54, 1.807) is 48.1 Å². The van der Waals surface area contributed by atoms with Crippen molar-refractivity contribution in [2.45, 2.75) is 0 Å². The number of amides is 1. The number of thiophene rings is 1. The molecular weight excluding hydrogens is 469 g/mol. The lowest BCUT2D eigenvalue weighted by atomic mass is 10.1. The number of aryl methyl sites for hydroxylation is 1. The molecule has 0 saturated carbocycles. The summed E-state index contributed by atoms with van der Waals surface area (Å²) < 4.78 is 26.9. The van der Waals surface area contributed by atoms with E-state index in [1.165, 1.54) is 37.7 Å². The minimum absolute atomic E-state index is 0.0886. The SMILES string of the molecule is COc1ccc(C(=O)Nc2cn(C)c3ccc(-c4csc5c(F)cccc45)nc3c2=O)cc1OC. The minimum atomic E-state index is -0.474. The summed E-state index contributed by atoms with van der Waals surface area (Å²) in [5.74, 6) is 0.119. The van der Waals surface area contributed by atoms with Crippen molar-refractivity contribution in [1.82, 2.24) is 9.55 Å². The summed E-state index contributed by atoms with van der Waals surface area (Å²) in [6, 6.07) is 13.2. The first-order valence-corrected chi connectivity index (χ1v) is 11.5. The summed E-state index contributed by atoms with van der Waals surface area (Å²) >= 11 is 1.29. The Bertz CT molecular complexity index is 1680. The highest BCUT2D eigenvalue weighted by Gasteiger charge is 2.17. The highest BCUT2D eigenvalue weighted by atomic mass is 32.1. The number of hydrogen-bond acceptors (Lipinski definition) is 6. The van der Waals surface area contributed by atoms with Crippen molar-refractivity contribution >= 4 is 44.1 Å². The molecule has 0 unspecified atom stereocenters. The number of fused-ring (bicyclic) bond motifs is 2. The second-order valence-electron chi connectivity index (χ2n) is 7.84. The van der Waals surface area contributed by atoms with Crippen LogP contribution >= 0.6 is 11.3 Å². The predicted molar refractivity (Wildman–Crippen MR) is 135 cm³/mol. The van der Waals surface area contributed by atoms with Gasteiger partial charge in [0, 0.05) is 35.1 Å². The van der Waals surface area contributed by atoms with Crippen molar-refractivity contribution in [1.29, 1.82) is 0 Å². The first-order valence-electron chi connectivity index (χ1n) is 10.6. The van der Waals surface area contributed by atoms with Crippen molar-refractivity contribution in [3.63, 3.8) is 0 Å². The van der Waals surface area contributed by atoms with Crippen LogP contribution in [0.2, 0.25) is 0 Å². The fourth-order valence-electron chi connectivity index (χ4n) is 3.98. The van der Waals surface area contributed by atoms with Crippen LogP contribution in [0.4, 0.5) is 10.1 Å². The van der Waals surface area contributed by atoms with E-state index in [0.717, 1.165) is 10.9 Å². The second-order valence-corrected chi connectivity index (χ2v) is 8.72. The molecule has 2 aromatic carbocycles. The number of rotatable bonds is 5. The molecule has 9 heteroatoms. The Morgan fingerprint density at radius 1 is 1.09 bits per heavy atom. The maximum atomic E-state index is 14.2. The Morgan fingerprint density at radius 3 is 2.66 bits per heavy atom. The number of halogens is 1. The van der Waals surface area contributed by atoms with E-state index in [4.69, 9.17) is 9.47 Å². The Labute approximate surface area is 203 Å². The first kappa shape index (κ1) is 22.5. The van der Waals surface area contributed by atoms with Crippen LogP contribution in [0.3, 0.4) is 0 Å². The Balaban J connectivity index is 1.56. The third kappa shape index (κ3) is 3.89. The van der Waals surface area contributed by atoms with Gasteiger partial charge in [0.2, 0.25) is 5.43 Å². The molecule has 176 valence electrons. The fourth-order valence-corrected chi connectivity index (χ4v) is 4.95. The number of pyridine rings is 2. The molecule has 5 rings (SSSR count). The van der Waals surface area contributed by atoms with Gasteiger partial charge in [-0.2, -0.15) is 0 Å². The number of aromatic nitrogens is 2.